The first-order chi connectivity index (χ1) is 17.8. The lowest BCUT2D eigenvalue weighted by Gasteiger charge is -2.42. The molecule has 5 aliphatic rings. The number of allylic oxidation sites excluding steroid dienone is 6. The number of aromatic nitrogens is 3. The topological polar surface area (TPSA) is 117 Å². The molecule has 2 aromatic rings. The van der Waals surface area contributed by atoms with Gasteiger partial charge in [0.25, 0.3) is 0 Å². The van der Waals surface area contributed by atoms with Crippen molar-refractivity contribution in [1.29, 1.82) is 0 Å². The number of nitrogens with two attached hydrogens (primary N) is 1. The molecule has 2 aliphatic carbocycles. The fraction of sp³-hybridized carbons (Fsp3) is 0.296. The fourth-order valence-corrected chi connectivity index (χ4v) is 6.55. The molecule has 2 aromatic heterocycles. The third kappa shape index (κ3) is 3.37. The second-order valence-electron chi connectivity index (χ2n) is 10.3. The third-order valence-electron chi connectivity index (χ3n) is 8.10. The van der Waals surface area contributed by atoms with E-state index in [0.29, 0.717) is 41.6 Å². The van der Waals surface area contributed by atoms with Gasteiger partial charge in [0.15, 0.2) is 5.78 Å². The molecular weight excluding hydrogens is 495 g/mol. The molecule has 2 atom stereocenters. The lowest BCUT2D eigenvalue weighted by atomic mass is 9.74. The number of carbonyl (C=O) groups is 2. The lowest BCUT2D eigenvalue weighted by molar-refractivity contribution is -0.129. The van der Waals surface area contributed by atoms with E-state index in [1.807, 2.05) is 4.90 Å². The molecule has 1 spiro atoms. The molecule has 1 saturated heterocycles. The molecular formula is C27H22ClFN6O2. The Balaban J connectivity index is 1.42. The Kier molecular flexibility index (Phi) is 4.73. The summed E-state index contributed by atoms with van der Waals surface area (Å²) < 4.78 is 14.6. The molecule has 1 amide bonds. The van der Waals surface area contributed by atoms with Crippen molar-refractivity contribution < 1.29 is 14.0 Å². The van der Waals surface area contributed by atoms with Crippen molar-refractivity contribution in [3.05, 3.63) is 75.7 Å². The van der Waals surface area contributed by atoms with E-state index in [1.54, 1.807) is 30.6 Å². The molecule has 0 radical (unpaired) electrons. The smallest absolute Gasteiger partial charge is 0.224 e. The fourth-order valence-electron chi connectivity index (χ4n) is 6.31. The van der Waals surface area contributed by atoms with Crippen LogP contribution < -0.4 is 5.73 Å². The number of H-pyrrole nitrogens is 1. The predicted molar refractivity (Wildman–Crippen MR) is 136 cm³/mol. The van der Waals surface area contributed by atoms with Crippen LogP contribution in [0.2, 0.25) is 0 Å². The van der Waals surface area contributed by atoms with Crippen molar-refractivity contribution in [2.45, 2.75) is 31.2 Å². The highest BCUT2D eigenvalue weighted by Crippen LogP contribution is 2.62. The zero-order valence-corrected chi connectivity index (χ0v) is 20.4. The normalized spacial score (nSPS) is 25.7. The average molecular weight is 517 g/mol. The number of halogens is 2. The lowest BCUT2D eigenvalue weighted by Crippen LogP contribution is -2.46. The standard InChI is InChI=1S/C27H22ClFN6O2/c28-19-10-31-9-17-23(16-7-13(36)1-2-14(16)19)18(12-35-22(37)8-27(5-6-27)24(17)35)26-32-11-20(33-26)15-3-4-21(30)34-25(15)29/h1-4,7,10-11,18,24H,5-6,8-9,12H2,(H2,30,34)(H,32,33). The minimum atomic E-state index is -0.702. The summed E-state index contributed by atoms with van der Waals surface area (Å²) >= 11 is 6.61. The van der Waals surface area contributed by atoms with Gasteiger partial charge in [0.2, 0.25) is 11.9 Å². The molecule has 186 valence electrons. The number of fused-ring (bicyclic) bond motifs is 5. The molecule has 8 nitrogen and oxygen atoms in total. The van der Waals surface area contributed by atoms with Crippen molar-refractivity contribution >= 4 is 35.3 Å². The van der Waals surface area contributed by atoms with Gasteiger partial charge in [-0.15, -0.1) is 0 Å². The number of nitrogen functional groups attached to an aromatic ring is 1. The van der Waals surface area contributed by atoms with Gasteiger partial charge in [-0.3, -0.25) is 14.6 Å². The number of hydrogen-bond acceptors (Lipinski definition) is 6. The van der Waals surface area contributed by atoms with Crippen LogP contribution in [0.5, 0.6) is 0 Å². The van der Waals surface area contributed by atoms with Gasteiger partial charge in [0.05, 0.1) is 41.0 Å². The minimum absolute atomic E-state index is 0.0726. The van der Waals surface area contributed by atoms with Crippen LogP contribution in [0.15, 0.2) is 68.9 Å². The Bertz CT molecular complexity index is 1560. The van der Waals surface area contributed by atoms with Crippen LogP contribution in [0.25, 0.3) is 11.3 Å². The monoisotopic (exact) mass is 516 g/mol. The van der Waals surface area contributed by atoms with E-state index in [0.717, 1.165) is 29.6 Å². The molecule has 2 fully saturated rings. The Labute approximate surface area is 216 Å². The van der Waals surface area contributed by atoms with Crippen molar-refractivity contribution in [3.8, 4) is 11.3 Å². The number of hydrogen-bond donors (Lipinski definition) is 2. The van der Waals surface area contributed by atoms with E-state index in [2.05, 4.69) is 19.9 Å². The van der Waals surface area contributed by atoms with Gasteiger partial charge < -0.3 is 15.6 Å². The molecule has 2 unspecified atom stereocenters. The molecule has 37 heavy (non-hydrogen) atoms. The zero-order chi connectivity index (χ0) is 25.5. The Morgan fingerprint density at radius 3 is 2.84 bits per heavy atom. The number of aromatic amines is 1. The van der Waals surface area contributed by atoms with Crippen molar-refractivity contribution in [1.82, 2.24) is 19.9 Å². The summed E-state index contributed by atoms with van der Waals surface area (Å²) in [5, 5.41) is 0.446. The highest BCUT2D eigenvalue weighted by atomic mass is 35.5. The van der Waals surface area contributed by atoms with E-state index >= 15 is 0 Å². The molecule has 5 heterocycles. The van der Waals surface area contributed by atoms with E-state index in [1.165, 1.54) is 12.1 Å². The maximum atomic E-state index is 14.6. The number of rotatable bonds is 2. The number of aliphatic imine (C=N–C) groups is 1. The van der Waals surface area contributed by atoms with E-state index in [4.69, 9.17) is 17.3 Å². The largest absolute Gasteiger partial charge is 0.384 e. The average Bonchev–Trinajstić information content (AvgIpc) is 3.35. The Hall–Kier alpha value is -3.85. The first-order valence-electron chi connectivity index (χ1n) is 12.2. The van der Waals surface area contributed by atoms with Crippen LogP contribution in [-0.2, 0) is 9.59 Å². The number of pyridine rings is 1. The molecule has 3 N–H and O–H groups in total. The van der Waals surface area contributed by atoms with Gasteiger partial charge in [0, 0.05) is 30.2 Å². The van der Waals surface area contributed by atoms with Crippen LogP contribution in [-0.4, -0.2) is 56.9 Å². The van der Waals surface area contributed by atoms with Gasteiger partial charge >= 0.3 is 0 Å². The molecule has 10 heteroatoms. The summed E-state index contributed by atoms with van der Waals surface area (Å²) in [7, 11) is 0. The van der Waals surface area contributed by atoms with Crippen molar-refractivity contribution in [2.75, 3.05) is 18.8 Å². The van der Waals surface area contributed by atoms with Gasteiger partial charge in [-0.2, -0.15) is 4.39 Å². The third-order valence-corrected chi connectivity index (χ3v) is 8.40. The molecule has 3 aliphatic heterocycles. The highest BCUT2D eigenvalue weighted by Gasteiger charge is 2.62. The van der Waals surface area contributed by atoms with Gasteiger partial charge in [0.1, 0.15) is 11.6 Å². The number of ketones is 1. The number of carbonyl (C=O) groups excluding carboxylic acids is 2. The minimum Gasteiger partial charge on any atom is -0.384 e. The highest BCUT2D eigenvalue weighted by molar-refractivity contribution is 6.40. The number of anilines is 1. The van der Waals surface area contributed by atoms with Gasteiger partial charge in [-0.05, 0) is 59.9 Å². The van der Waals surface area contributed by atoms with Crippen LogP contribution in [0, 0.1) is 11.4 Å². The first kappa shape index (κ1) is 22.4. The predicted octanol–water partition coefficient (Wildman–Crippen LogP) is 3.61. The number of nitrogens with zero attached hydrogens (tertiary/aromatic N) is 4. The number of imidazole rings is 1. The van der Waals surface area contributed by atoms with Crippen LogP contribution in [0.1, 0.15) is 31.0 Å². The summed E-state index contributed by atoms with van der Waals surface area (Å²) in [6, 6.07) is 3.01. The van der Waals surface area contributed by atoms with E-state index in [9.17, 15) is 14.0 Å². The van der Waals surface area contributed by atoms with Crippen molar-refractivity contribution in [3.63, 3.8) is 0 Å². The Morgan fingerprint density at radius 2 is 2.05 bits per heavy atom. The second-order valence-corrected chi connectivity index (χ2v) is 10.7. The second kappa shape index (κ2) is 7.82. The molecule has 0 aromatic carbocycles. The van der Waals surface area contributed by atoms with E-state index < -0.39 is 5.95 Å². The van der Waals surface area contributed by atoms with Crippen LogP contribution >= 0.6 is 11.6 Å². The molecule has 0 bridgehead atoms. The summed E-state index contributed by atoms with van der Waals surface area (Å²) in [4.78, 5) is 44.0. The van der Waals surface area contributed by atoms with E-state index in [-0.39, 0.29) is 40.4 Å². The zero-order valence-electron chi connectivity index (χ0n) is 19.7. The molecule has 7 rings (SSSR count). The maximum Gasteiger partial charge on any atom is 0.224 e. The SMILES string of the molecule is Nc1ccc(-c2cnc(C3CN4C(=O)CC5(CC5)C4C4=C3C3=CC(=O)C=CC3=C(Cl)C=NC4)[nH]2)c(F)n1. The van der Waals surface area contributed by atoms with Gasteiger partial charge in [-0.1, -0.05) is 11.6 Å². The maximum absolute atomic E-state index is 14.6. The first-order valence-corrected chi connectivity index (χ1v) is 12.6. The van der Waals surface area contributed by atoms with Gasteiger partial charge in [-0.25, -0.2) is 9.97 Å². The number of nitrogens with one attached hydrogen (secondary N) is 1. The summed E-state index contributed by atoms with van der Waals surface area (Å²) in [6.07, 6.45) is 10.5. The summed E-state index contributed by atoms with van der Waals surface area (Å²) in [6.45, 7) is 0.758. The van der Waals surface area contributed by atoms with Crippen LogP contribution in [0.3, 0.4) is 0 Å². The summed E-state index contributed by atoms with van der Waals surface area (Å²) in [5.41, 5.74) is 9.61. The summed E-state index contributed by atoms with van der Waals surface area (Å²) in [5.74, 6) is -0.456. The van der Waals surface area contributed by atoms with Crippen molar-refractivity contribution in [2.24, 2.45) is 10.4 Å². The van der Waals surface area contributed by atoms with Crippen LogP contribution in [0.4, 0.5) is 10.2 Å². The Morgan fingerprint density at radius 1 is 1.22 bits per heavy atom. The molecule has 1 saturated carbocycles. The quantitative estimate of drug-likeness (QED) is 0.591. The number of amides is 1.